The lowest BCUT2D eigenvalue weighted by Crippen LogP contribution is -1.98. The first-order valence-electron chi connectivity index (χ1n) is 4.22. The maximum Gasteiger partial charge on any atom is 0.203 e. The summed E-state index contributed by atoms with van der Waals surface area (Å²) in [5, 5.41) is 0. The fourth-order valence-corrected chi connectivity index (χ4v) is 2.21. The van der Waals surface area contributed by atoms with Crippen LogP contribution in [0, 0.1) is 5.82 Å². The van der Waals surface area contributed by atoms with Gasteiger partial charge in [-0.25, -0.2) is 4.39 Å². The molecule has 1 nitrogen and oxygen atoms in total. The number of rotatable bonds is 2. The van der Waals surface area contributed by atoms with Gasteiger partial charge in [-0.05, 0) is 24.3 Å². The predicted octanol–water partition coefficient (Wildman–Crippen LogP) is 3.77. The van der Waals surface area contributed by atoms with E-state index in [1.54, 1.807) is 18.2 Å². The van der Waals surface area contributed by atoms with Crippen LogP contribution in [0.2, 0.25) is 4.34 Å². The van der Waals surface area contributed by atoms with Crippen LogP contribution in [0.15, 0.2) is 36.4 Å². The number of hydrogen-bond donors (Lipinski definition) is 0. The van der Waals surface area contributed by atoms with E-state index >= 15 is 0 Å². The third-order valence-electron chi connectivity index (χ3n) is 1.88. The van der Waals surface area contributed by atoms with E-state index < -0.39 is 5.82 Å². The van der Waals surface area contributed by atoms with Gasteiger partial charge in [-0.3, -0.25) is 4.79 Å². The Kier molecular flexibility index (Phi) is 2.84. The third kappa shape index (κ3) is 2.25. The van der Waals surface area contributed by atoms with Gasteiger partial charge in [0, 0.05) is 5.56 Å². The van der Waals surface area contributed by atoms with E-state index in [1.807, 2.05) is 0 Å². The molecule has 0 saturated heterocycles. The summed E-state index contributed by atoms with van der Waals surface area (Å²) in [5.74, 6) is -0.616. The van der Waals surface area contributed by atoms with Gasteiger partial charge in [-0.2, -0.15) is 0 Å². The first kappa shape index (κ1) is 10.3. The summed E-state index contributed by atoms with van der Waals surface area (Å²) in [6.07, 6.45) is 0. The molecule has 0 aliphatic rings. The fraction of sp³-hybridized carbons (Fsp3) is 0. The van der Waals surface area contributed by atoms with E-state index in [0.29, 0.717) is 14.8 Å². The Morgan fingerprint density at radius 1 is 1.27 bits per heavy atom. The van der Waals surface area contributed by atoms with Gasteiger partial charge in [0.05, 0.1) is 9.21 Å². The molecule has 0 N–H and O–H groups in total. The van der Waals surface area contributed by atoms with Crippen molar-refractivity contribution in [2.75, 3.05) is 0 Å². The number of carbonyl (C=O) groups is 1. The minimum absolute atomic E-state index is 0.202. The van der Waals surface area contributed by atoms with Crippen LogP contribution in [0.25, 0.3) is 0 Å². The van der Waals surface area contributed by atoms with Crippen molar-refractivity contribution >= 4 is 28.7 Å². The normalized spacial score (nSPS) is 10.3. The third-order valence-corrected chi connectivity index (χ3v) is 3.11. The zero-order valence-electron chi connectivity index (χ0n) is 7.54. The molecule has 1 aromatic carbocycles. The van der Waals surface area contributed by atoms with Crippen LogP contribution >= 0.6 is 22.9 Å². The van der Waals surface area contributed by atoms with Gasteiger partial charge in [0.1, 0.15) is 5.82 Å². The molecule has 0 spiro atoms. The molecule has 76 valence electrons. The summed E-state index contributed by atoms with van der Waals surface area (Å²) >= 11 is 6.91. The summed E-state index contributed by atoms with van der Waals surface area (Å²) in [6, 6.07) is 8.91. The Balaban J connectivity index is 2.36. The summed E-state index contributed by atoms with van der Waals surface area (Å²) in [6.45, 7) is 0. The highest BCUT2D eigenvalue weighted by Gasteiger charge is 2.11. The topological polar surface area (TPSA) is 17.1 Å². The number of benzene rings is 1. The van der Waals surface area contributed by atoms with E-state index in [9.17, 15) is 9.18 Å². The van der Waals surface area contributed by atoms with Crippen LogP contribution < -0.4 is 0 Å². The summed E-state index contributed by atoms with van der Waals surface area (Å²) < 4.78 is 13.4. The molecular weight excluding hydrogens is 235 g/mol. The average molecular weight is 241 g/mol. The Morgan fingerprint density at radius 2 is 2.07 bits per heavy atom. The monoisotopic (exact) mass is 240 g/mol. The molecule has 0 aliphatic carbocycles. The molecule has 0 radical (unpaired) electrons. The van der Waals surface area contributed by atoms with Crippen LogP contribution in [0.4, 0.5) is 4.39 Å². The van der Waals surface area contributed by atoms with Crippen LogP contribution in [0.5, 0.6) is 0 Å². The van der Waals surface area contributed by atoms with E-state index in [-0.39, 0.29) is 5.78 Å². The van der Waals surface area contributed by atoms with Crippen molar-refractivity contribution in [2.45, 2.75) is 0 Å². The molecule has 0 bridgehead atoms. The Bertz CT molecular complexity index is 507. The second-order valence-electron chi connectivity index (χ2n) is 2.94. The lowest BCUT2D eigenvalue weighted by Gasteiger charge is -1.97. The first-order chi connectivity index (χ1) is 7.16. The standard InChI is InChI=1S/C11H6ClFOS/c12-10-5-4-9(15-10)11(14)7-2-1-3-8(13)6-7/h1-6H. The SMILES string of the molecule is O=C(c1cccc(F)c1)c1ccc(Cl)s1. The van der Waals surface area contributed by atoms with Gasteiger partial charge >= 0.3 is 0 Å². The molecule has 0 atom stereocenters. The lowest BCUT2D eigenvalue weighted by atomic mass is 10.1. The molecule has 0 fully saturated rings. The van der Waals surface area contributed by atoms with Crippen LogP contribution in [-0.4, -0.2) is 5.78 Å². The van der Waals surface area contributed by atoms with Crippen molar-refractivity contribution in [2.24, 2.45) is 0 Å². The van der Waals surface area contributed by atoms with Gasteiger partial charge in [-0.1, -0.05) is 23.7 Å². The minimum Gasteiger partial charge on any atom is -0.288 e. The Labute approximate surface area is 95.1 Å². The smallest absolute Gasteiger partial charge is 0.203 e. The molecule has 0 aliphatic heterocycles. The van der Waals surface area contributed by atoms with Gasteiger partial charge < -0.3 is 0 Å². The molecule has 2 aromatic rings. The summed E-state index contributed by atoms with van der Waals surface area (Å²) in [5.41, 5.74) is 0.341. The minimum atomic E-state index is -0.413. The van der Waals surface area contributed by atoms with Crippen molar-refractivity contribution in [3.63, 3.8) is 0 Å². The molecule has 0 amide bonds. The number of carbonyl (C=O) groups excluding carboxylic acids is 1. The van der Waals surface area contributed by atoms with Crippen molar-refractivity contribution in [1.29, 1.82) is 0 Å². The maximum atomic E-state index is 12.9. The van der Waals surface area contributed by atoms with Gasteiger partial charge in [0.15, 0.2) is 0 Å². The molecular formula is C11H6ClFOS. The molecule has 1 heterocycles. The lowest BCUT2D eigenvalue weighted by molar-refractivity contribution is 0.104. The van der Waals surface area contributed by atoms with Crippen molar-refractivity contribution < 1.29 is 9.18 Å². The van der Waals surface area contributed by atoms with Crippen LogP contribution in [0.3, 0.4) is 0 Å². The number of ketones is 1. The highest BCUT2D eigenvalue weighted by atomic mass is 35.5. The largest absolute Gasteiger partial charge is 0.288 e. The number of hydrogen-bond acceptors (Lipinski definition) is 2. The van der Waals surface area contributed by atoms with Gasteiger partial charge in [0.25, 0.3) is 0 Å². The van der Waals surface area contributed by atoms with Crippen molar-refractivity contribution in [3.05, 3.63) is 57.0 Å². The van der Waals surface area contributed by atoms with Gasteiger partial charge in [0.2, 0.25) is 5.78 Å². The Hall–Kier alpha value is -1.19. The first-order valence-corrected chi connectivity index (χ1v) is 5.42. The van der Waals surface area contributed by atoms with E-state index in [1.165, 1.54) is 29.5 Å². The van der Waals surface area contributed by atoms with Gasteiger partial charge in [-0.15, -0.1) is 11.3 Å². The van der Waals surface area contributed by atoms with E-state index in [4.69, 9.17) is 11.6 Å². The van der Waals surface area contributed by atoms with Crippen LogP contribution in [0.1, 0.15) is 15.2 Å². The maximum absolute atomic E-state index is 12.9. The molecule has 15 heavy (non-hydrogen) atoms. The van der Waals surface area contributed by atoms with E-state index in [2.05, 4.69) is 0 Å². The molecule has 0 saturated carbocycles. The predicted molar refractivity (Wildman–Crippen MR) is 59.2 cm³/mol. The molecule has 0 unspecified atom stereocenters. The Morgan fingerprint density at radius 3 is 2.67 bits per heavy atom. The molecule has 2 rings (SSSR count). The number of thiophene rings is 1. The summed E-state index contributed by atoms with van der Waals surface area (Å²) in [4.78, 5) is 12.3. The fourth-order valence-electron chi connectivity index (χ4n) is 1.21. The second-order valence-corrected chi connectivity index (χ2v) is 4.66. The zero-order valence-corrected chi connectivity index (χ0v) is 9.11. The second kappa shape index (κ2) is 4.13. The zero-order chi connectivity index (χ0) is 10.8. The van der Waals surface area contributed by atoms with Crippen molar-refractivity contribution in [1.82, 2.24) is 0 Å². The molecule has 1 aromatic heterocycles. The number of halogens is 2. The highest BCUT2D eigenvalue weighted by Crippen LogP contribution is 2.23. The average Bonchev–Trinajstić information content (AvgIpc) is 2.64. The quantitative estimate of drug-likeness (QED) is 0.731. The summed E-state index contributed by atoms with van der Waals surface area (Å²) in [7, 11) is 0. The highest BCUT2D eigenvalue weighted by molar-refractivity contribution is 7.18. The van der Waals surface area contributed by atoms with Crippen molar-refractivity contribution in [3.8, 4) is 0 Å². The molecule has 4 heteroatoms. The van der Waals surface area contributed by atoms with E-state index in [0.717, 1.165) is 0 Å². The van der Waals surface area contributed by atoms with Crippen LogP contribution in [-0.2, 0) is 0 Å².